The first-order valence-electron chi connectivity index (χ1n) is 8.41. The zero-order chi connectivity index (χ0) is 17.3. The predicted molar refractivity (Wildman–Crippen MR) is 94.9 cm³/mol. The van der Waals surface area contributed by atoms with Gasteiger partial charge in [-0.05, 0) is 39.3 Å². The van der Waals surface area contributed by atoms with Crippen LogP contribution in [0.5, 0.6) is 0 Å². The fourth-order valence-electron chi connectivity index (χ4n) is 3.34. The summed E-state index contributed by atoms with van der Waals surface area (Å²) in [5.74, 6) is 1.24. The van der Waals surface area contributed by atoms with Crippen molar-refractivity contribution in [1.82, 2.24) is 14.9 Å². The summed E-state index contributed by atoms with van der Waals surface area (Å²) in [6.45, 7) is 6.76. The minimum atomic E-state index is -3.27. The Morgan fingerprint density at radius 2 is 2.00 bits per heavy atom. The molecule has 2 aromatic rings. The predicted octanol–water partition coefficient (Wildman–Crippen LogP) is 2.27. The number of sulfone groups is 1. The van der Waals surface area contributed by atoms with E-state index in [9.17, 15) is 8.42 Å². The second-order valence-corrected chi connectivity index (χ2v) is 8.88. The van der Waals surface area contributed by atoms with Crippen molar-refractivity contribution in [2.75, 3.05) is 5.75 Å². The van der Waals surface area contributed by atoms with Crippen LogP contribution in [-0.2, 0) is 22.8 Å². The molecule has 0 aliphatic carbocycles. The molecule has 1 aromatic heterocycles. The number of rotatable bonds is 5. The number of nitrogens with one attached hydrogen (secondary N) is 1. The van der Waals surface area contributed by atoms with E-state index in [-0.39, 0.29) is 17.8 Å². The molecular weight excluding hydrogens is 322 g/mol. The van der Waals surface area contributed by atoms with E-state index in [1.807, 2.05) is 32.9 Å². The van der Waals surface area contributed by atoms with Crippen LogP contribution in [0.25, 0.3) is 0 Å². The standard InChI is InChI=1S/C18H25N3O2S/c1-13-4-7-17(8-5-13)24(22,23)12-15(3)19-16-6-9-18-20-14(2)10-21(18)11-16/h4-5,7-8,10,15-16,19H,6,9,11-12H2,1-3H3/t15-,16-/m1/s1. The van der Waals surface area contributed by atoms with E-state index in [0.717, 1.165) is 36.5 Å². The van der Waals surface area contributed by atoms with Crippen molar-refractivity contribution < 1.29 is 8.42 Å². The second kappa shape index (κ2) is 6.69. The van der Waals surface area contributed by atoms with Crippen LogP contribution in [0.2, 0.25) is 0 Å². The first-order valence-corrected chi connectivity index (χ1v) is 10.1. The maximum absolute atomic E-state index is 12.5. The van der Waals surface area contributed by atoms with Crippen LogP contribution < -0.4 is 5.32 Å². The van der Waals surface area contributed by atoms with Gasteiger partial charge in [-0.3, -0.25) is 0 Å². The van der Waals surface area contributed by atoms with Gasteiger partial charge in [-0.1, -0.05) is 17.7 Å². The van der Waals surface area contributed by atoms with Gasteiger partial charge in [-0.25, -0.2) is 13.4 Å². The van der Waals surface area contributed by atoms with Crippen molar-refractivity contribution in [1.29, 1.82) is 0 Å². The van der Waals surface area contributed by atoms with E-state index < -0.39 is 9.84 Å². The molecule has 2 atom stereocenters. The summed E-state index contributed by atoms with van der Waals surface area (Å²) in [6.07, 6.45) is 3.99. The van der Waals surface area contributed by atoms with Gasteiger partial charge in [0, 0.05) is 31.2 Å². The number of hydrogen-bond donors (Lipinski definition) is 1. The van der Waals surface area contributed by atoms with Crippen molar-refractivity contribution in [3.05, 3.63) is 47.5 Å². The SMILES string of the molecule is Cc1ccc(S(=O)(=O)C[C@@H](C)N[C@@H]2CCc3nc(C)cn3C2)cc1. The largest absolute Gasteiger partial charge is 0.333 e. The van der Waals surface area contributed by atoms with Gasteiger partial charge in [0.2, 0.25) is 0 Å². The van der Waals surface area contributed by atoms with Crippen molar-refractivity contribution in [2.24, 2.45) is 0 Å². The summed E-state index contributed by atoms with van der Waals surface area (Å²) in [6, 6.07) is 7.27. The minimum Gasteiger partial charge on any atom is -0.333 e. The number of aryl methyl sites for hydroxylation is 3. The highest BCUT2D eigenvalue weighted by atomic mass is 32.2. The van der Waals surface area contributed by atoms with Gasteiger partial charge >= 0.3 is 0 Å². The maximum Gasteiger partial charge on any atom is 0.179 e. The Bertz CT molecular complexity index is 809. The Morgan fingerprint density at radius 3 is 2.71 bits per heavy atom. The number of benzene rings is 1. The lowest BCUT2D eigenvalue weighted by Gasteiger charge is -2.27. The average Bonchev–Trinajstić information content (AvgIpc) is 2.86. The lowest BCUT2D eigenvalue weighted by molar-refractivity contribution is 0.357. The summed E-state index contributed by atoms with van der Waals surface area (Å²) < 4.78 is 27.3. The van der Waals surface area contributed by atoms with Crippen LogP contribution in [0, 0.1) is 13.8 Å². The molecule has 130 valence electrons. The van der Waals surface area contributed by atoms with Crippen molar-refractivity contribution in [3.63, 3.8) is 0 Å². The Labute approximate surface area is 144 Å². The molecule has 0 unspecified atom stereocenters. The third-order valence-corrected chi connectivity index (χ3v) is 6.41. The van der Waals surface area contributed by atoms with Crippen molar-refractivity contribution in [2.45, 2.75) is 57.1 Å². The third kappa shape index (κ3) is 3.87. The third-order valence-electron chi connectivity index (χ3n) is 4.48. The zero-order valence-electron chi connectivity index (χ0n) is 14.5. The van der Waals surface area contributed by atoms with E-state index in [4.69, 9.17) is 0 Å². The summed E-state index contributed by atoms with van der Waals surface area (Å²) in [4.78, 5) is 4.91. The molecule has 3 rings (SSSR count). The monoisotopic (exact) mass is 347 g/mol. The molecule has 0 amide bonds. The molecule has 24 heavy (non-hydrogen) atoms. The molecule has 1 aromatic carbocycles. The molecule has 5 nitrogen and oxygen atoms in total. The first kappa shape index (κ1) is 17.2. The fourth-order valence-corrected chi connectivity index (χ4v) is 4.84. The first-order chi connectivity index (χ1) is 11.3. The Kier molecular flexibility index (Phi) is 4.78. The quantitative estimate of drug-likeness (QED) is 0.901. The highest BCUT2D eigenvalue weighted by Crippen LogP contribution is 2.17. The molecular formula is C18H25N3O2S. The van der Waals surface area contributed by atoms with Crippen LogP contribution in [0.1, 0.15) is 30.4 Å². The molecule has 6 heteroatoms. The van der Waals surface area contributed by atoms with Gasteiger partial charge in [0.1, 0.15) is 5.82 Å². The van der Waals surface area contributed by atoms with Crippen LogP contribution >= 0.6 is 0 Å². The normalized spacial score (nSPS) is 19.0. The van der Waals surface area contributed by atoms with Crippen molar-refractivity contribution in [3.8, 4) is 0 Å². The van der Waals surface area contributed by atoms with Crippen molar-refractivity contribution >= 4 is 9.84 Å². The number of aromatic nitrogens is 2. The molecule has 0 spiro atoms. The van der Waals surface area contributed by atoms with E-state index in [0.29, 0.717) is 4.90 Å². The highest BCUT2D eigenvalue weighted by molar-refractivity contribution is 7.91. The number of hydrogen-bond acceptors (Lipinski definition) is 4. The maximum atomic E-state index is 12.5. The van der Waals surface area contributed by atoms with Gasteiger partial charge < -0.3 is 9.88 Å². The second-order valence-electron chi connectivity index (χ2n) is 6.85. The zero-order valence-corrected chi connectivity index (χ0v) is 15.3. The van der Waals surface area contributed by atoms with Crippen LogP contribution in [-0.4, -0.2) is 35.8 Å². The number of nitrogens with zero attached hydrogens (tertiary/aromatic N) is 2. The molecule has 1 aliphatic rings. The lowest BCUT2D eigenvalue weighted by atomic mass is 10.1. The van der Waals surface area contributed by atoms with Crippen LogP contribution in [0.15, 0.2) is 35.4 Å². The fraction of sp³-hybridized carbons (Fsp3) is 0.500. The topological polar surface area (TPSA) is 64.0 Å². The van der Waals surface area contributed by atoms with E-state index >= 15 is 0 Å². The summed E-state index contributed by atoms with van der Waals surface area (Å²) in [5, 5.41) is 3.48. The number of imidazole rings is 1. The van der Waals surface area contributed by atoms with Gasteiger partial charge in [-0.15, -0.1) is 0 Å². The van der Waals surface area contributed by atoms with E-state index in [1.54, 1.807) is 12.1 Å². The number of fused-ring (bicyclic) bond motifs is 1. The van der Waals surface area contributed by atoms with Gasteiger partial charge in [0.15, 0.2) is 9.84 Å². The molecule has 0 bridgehead atoms. The summed E-state index contributed by atoms with van der Waals surface area (Å²) in [7, 11) is -3.27. The van der Waals surface area contributed by atoms with Crippen LogP contribution in [0.3, 0.4) is 0 Å². The molecule has 0 saturated heterocycles. The summed E-state index contributed by atoms with van der Waals surface area (Å²) in [5.41, 5.74) is 2.11. The Hall–Kier alpha value is -1.66. The van der Waals surface area contributed by atoms with E-state index in [2.05, 4.69) is 21.1 Å². The molecule has 0 saturated carbocycles. The van der Waals surface area contributed by atoms with Gasteiger partial charge in [-0.2, -0.15) is 0 Å². The molecule has 0 radical (unpaired) electrons. The summed E-state index contributed by atoms with van der Waals surface area (Å²) >= 11 is 0. The molecule has 0 fully saturated rings. The van der Waals surface area contributed by atoms with Crippen LogP contribution in [0.4, 0.5) is 0 Å². The van der Waals surface area contributed by atoms with Gasteiger partial charge in [0.05, 0.1) is 16.3 Å². The Morgan fingerprint density at radius 1 is 1.29 bits per heavy atom. The molecule has 1 aliphatic heterocycles. The molecule has 2 heterocycles. The van der Waals surface area contributed by atoms with E-state index in [1.165, 1.54) is 0 Å². The highest BCUT2D eigenvalue weighted by Gasteiger charge is 2.24. The average molecular weight is 347 g/mol. The minimum absolute atomic E-state index is 0.0903. The lowest BCUT2D eigenvalue weighted by Crippen LogP contribution is -2.44. The Balaban J connectivity index is 1.61. The van der Waals surface area contributed by atoms with Gasteiger partial charge in [0.25, 0.3) is 0 Å². The smallest absolute Gasteiger partial charge is 0.179 e. The molecule has 1 N–H and O–H groups in total.